The van der Waals surface area contributed by atoms with E-state index < -0.39 is 0 Å². The van der Waals surface area contributed by atoms with E-state index in [9.17, 15) is 0 Å². The Morgan fingerprint density at radius 2 is 1.08 bits per heavy atom. The summed E-state index contributed by atoms with van der Waals surface area (Å²) in [6.45, 7) is 7.51. The van der Waals surface area contributed by atoms with Gasteiger partial charge in [0.2, 0.25) is 0 Å². The quantitative estimate of drug-likeness (QED) is 0.0445. The van der Waals surface area contributed by atoms with Crippen molar-refractivity contribution < 1.29 is 14.0 Å². The van der Waals surface area contributed by atoms with Crippen molar-refractivity contribution in [2.45, 2.75) is 129 Å². The first kappa shape index (κ1) is 35.8. The molecule has 0 heterocycles. The number of hydrogen-bond acceptors (Lipinski definition) is 2. The molecule has 3 nitrogen and oxygen atoms in total. The zero-order chi connectivity index (χ0) is 27.1. The average molecular weight is 519 g/mol. The summed E-state index contributed by atoms with van der Waals surface area (Å²) in [6, 6.07) is 0. The van der Waals surface area contributed by atoms with Crippen molar-refractivity contribution in [3.05, 3.63) is 36.5 Å². The lowest BCUT2D eigenvalue weighted by atomic mass is 10.1. The molecule has 0 saturated heterocycles. The smallest absolute Gasteiger partial charge is 0.146 e. The standard InChI is InChI=1S/C34H64NO2/c1-5-7-9-11-12-13-14-15-16-17-18-19-20-21-22-23-24-25-26-28-30-37-33-34(31-35(3)4)32-36-29-27-10-8-6-2/h10,12-13,15-16,27,31,34H,5-9,11,14,17-26,28-30,32-33H2,1-4H3/q+1. The van der Waals surface area contributed by atoms with E-state index in [0.717, 1.165) is 32.7 Å². The summed E-state index contributed by atoms with van der Waals surface area (Å²) in [5.41, 5.74) is 0. The summed E-state index contributed by atoms with van der Waals surface area (Å²) in [5.74, 6) is 0.327. The SMILES string of the molecule is CCCC=CCOCC(C=[N+](C)C)COCCCCCCCCCCCCC=CCC=CCCCCC. The van der Waals surface area contributed by atoms with Gasteiger partial charge in [-0.05, 0) is 44.9 Å². The van der Waals surface area contributed by atoms with E-state index in [1.807, 2.05) is 0 Å². The molecule has 1 unspecified atom stereocenters. The van der Waals surface area contributed by atoms with E-state index in [-0.39, 0.29) is 0 Å². The number of allylic oxidation sites excluding steroid dienone is 5. The largest absolute Gasteiger partial charge is 0.381 e. The molecule has 0 aliphatic carbocycles. The van der Waals surface area contributed by atoms with Gasteiger partial charge in [-0.3, -0.25) is 0 Å². The van der Waals surface area contributed by atoms with Gasteiger partial charge in [-0.25, -0.2) is 4.58 Å². The first-order chi connectivity index (χ1) is 18.2. The molecule has 0 fully saturated rings. The first-order valence-corrected chi connectivity index (χ1v) is 15.8. The van der Waals surface area contributed by atoms with E-state index >= 15 is 0 Å². The summed E-state index contributed by atoms with van der Waals surface area (Å²) < 4.78 is 13.9. The highest BCUT2D eigenvalue weighted by molar-refractivity contribution is 5.55. The second kappa shape index (κ2) is 31.0. The van der Waals surface area contributed by atoms with E-state index in [2.05, 4.69) is 75.2 Å². The maximum Gasteiger partial charge on any atom is 0.146 e. The Balaban J connectivity index is 3.47. The Hall–Kier alpha value is -1.19. The topological polar surface area (TPSA) is 21.5 Å². The molecule has 0 spiro atoms. The van der Waals surface area contributed by atoms with Gasteiger partial charge in [-0.15, -0.1) is 0 Å². The average Bonchev–Trinajstić information content (AvgIpc) is 2.88. The molecule has 0 saturated carbocycles. The molecule has 37 heavy (non-hydrogen) atoms. The van der Waals surface area contributed by atoms with Crippen LogP contribution in [0.4, 0.5) is 0 Å². The molecule has 0 N–H and O–H groups in total. The van der Waals surface area contributed by atoms with Gasteiger partial charge in [0.15, 0.2) is 0 Å². The van der Waals surface area contributed by atoms with Gasteiger partial charge in [0.1, 0.15) is 20.3 Å². The van der Waals surface area contributed by atoms with Crippen molar-refractivity contribution in [1.82, 2.24) is 0 Å². The number of ether oxygens (including phenoxy) is 2. The van der Waals surface area contributed by atoms with Gasteiger partial charge in [0.05, 0.1) is 25.7 Å². The first-order valence-electron chi connectivity index (χ1n) is 15.8. The lowest BCUT2D eigenvalue weighted by Crippen LogP contribution is -2.22. The molecule has 0 aliphatic heterocycles. The van der Waals surface area contributed by atoms with E-state index in [1.54, 1.807) is 0 Å². The van der Waals surface area contributed by atoms with Crippen LogP contribution in [0.25, 0.3) is 0 Å². The minimum atomic E-state index is 0.327. The maximum atomic E-state index is 5.97. The van der Waals surface area contributed by atoms with E-state index in [4.69, 9.17) is 9.47 Å². The normalized spacial score (nSPS) is 12.9. The van der Waals surface area contributed by atoms with Crippen LogP contribution in [0.5, 0.6) is 0 Å². The predicted octanol–water partition coefficient (Wildman–Crippen LogP) is 9.71. The van der Waals surface area contributed by atoms with Crippen molar-refractivity contribution >= 4 is 6.21 Å². The molecule has 0 rings (SSSR count). The third-order valence-electron chi connectivity index (χ3n) is 6.50. The molecule has 0 aromatic heterocycles. The summed E-state index contributed by atoms with van der Waals surface area (Å²) in [4.78, 5) is 0. The van der Waals surface area contributed by atoms with Crippen LogP contribution in [0.15, 0.2) is 36.5 Å². The Labute approximate surface area is 232 Å². The molecule has 216 valence electrons. The minimum absolute atomic E-state index is 0.327. The molecule has 3 heteroatoms. The second-order valence-corrected chi connectivity index (χ2v) is 10.7. The molecule has 0 radical (unpaired) electrons. The van der Waals surface area contributed by atoms with Crippen molar-refractivity contribution in [2.24, 2.45) is 5.92 Å². The van der Waals surface area contributed by atoms with Crippen LogP contribution in [0.2, 0.25) is 0 Å². The van der Waals surface area contributed by atoms with Crippen molar-refractivity contribution in [2.75, 3.05) is 40.5 Å². The highest BCUT2D eigenvalue weighted by atomic mass is 16.5. The number of nitrogens with zero attached hydrogens (tertiary/aromatic N) is 1. The molecule has 0 bridgehead atoms. The Bertz CT molecular complexity index is 560. The third kappa shape index (κ3) is 30.9. The molecular weight excluding hydrogens is 454 g/mol. The molecule has 0 aromatic rings. The third-order valence-corrected chi connectivity index (χ3v) is 6.50. The van der Waals surface area contributed by atoms with Gasteiger partial charge >= 0.3 is 0 Å². The van der Waals surface area contributed by atoms with Gasteiger partial charge in [0.25, 0.3) is 0 Å². The van der Waals surface area contributed by atoms with Crippen molar-refractivity contribution in [3.8, 4) is 0 Å². The van der Waals surface area contributed by atoms with Crippen molar-refractivity contribution in [3.63, 3.8) is 0 Å². The van der Waals surface area contributed by atoms with Gasteiger partial charge in [-0.2, -0.15) is 0 Å². The highest BCUT2D eigenvalue weighted by Gasteiger charge is 2.10. The molecule has 1 atom stereocenters. The fourth-order valence-corrected chi connectivity index (χ4v) is 4.33. The van der Waals surface area contributed by atoms with Crippen LogP contribution in [-0.2, 0) is 9.47 Å². The van der Waals surface area contributed by atoms with E-state index in [1.165, 1.54) is 103 Å². The maximum absolute atomic E-state index is 5.97. The highest BCUT2D eigenvalue weighted by Crippen LogP contribution is 2.12. The van der Waals surface area contributed by atoms with Gasteiger partial charge in [0, 0.05) is 6.61 Å². The lowest BCUT2D eigenvalue weighted by Gasteiger charge is -2.11. The predicted molar refractivity (Wildman–Crippen MR) is 165 cm³/mol. The number of rotatable bonds is 28. The Morgan fingerprint density at radius 3 is 1.68 bits per heavy atom. The second-order valence-electron chi connectivity index (χ2n) is 10.7. The molecular formula is C34H64NO2+. The van der Waals surface area contributed by atoms with Crippen LogP contribution >= 0.6 is 0 Å². The fraction of sp³-hybridized carbons (Fsp3) is 0.794. The van der Waals surface area contributed by atoms with Crippen LogP contribution in [0, 0.1) is 5.92 Å². The Kier molecular flexibility index (Phi) is 30.0. The van der Waals surface area contributed by atoms with E-state index in [0.29, 0.717) is 12.5 Å². The molecule has 0 aliphatic rings. The van der Waals surface area contributed by atoms with Gasteiger partial charge < -0.3 is 9.47 Å². The fourth-order valence-electron chi connectivity index (χ4n) is 4.33. The van der Waals surface area contributed by atoms with Crippen LogP contribution in [0.3, 0.4) is 0 Å². The van der Waals surface area contributed by atoms with Crippen molar-refractivity contribution in [1.29, 1.82) is 0 Å². The minimum Gasteiger partial charge on any atom is -0.381 e. The summed E-state index contributed by atoms with van der Waals surface area (Å²) in [7, 11) is 4.14. The number of hydrogen-bond donors (Lipinski definition) is 0. The molecule has 0 amide bonds. The van der Waals surface area contributed by atoms with Crippen LogP contribution in [0.1, 0.15) is 129 Å². The zero-order valence-electron chi connectivity index (χ0n) is 25.4. The van der Waals surface area contributed by atoms with Crippen LogP contribution < -0.4 is 0 Å². The zero-order valence-corrected chi connectivity index (χ0v) is 25.4. The Morgan fingerprint density at radius 1 is 0.541 bits per heavy atom. The monoisotopic (exact) mass is 518 g/mol. The number of unbranched alkanes of at least 4 members (excludes halogenated alkanes) is 14. The lowest BCUT2D eigenvalue weighted by molar-refractivity contribution is -0.462. The van der Waals surface area contributed by atoms with Crippen LogP contribution in [-0.4, -0.2) is 51.3 Å². The summed E-state index contributed by atoms with van der Waals surface area (Å²) in [5, 5.41) is 0. The van der Waals surface area contributed by atoms with Gasteiger partial charge in [-0.1, -0.05) is 121 Å². The summed E-state index contributed by atoms with van der Waals surface area (Å²) in [6.07, 6.45) is 39.5. The summed E-state index contributed by atoms with van der Waals surface area (Å²) >= 11 is 0. The molecule has 0 aromatic carbocycles.